The van der Waals surface area contributed by atoms with E-state index >= 15 is 0 Å². The molecule has 0 aromatic heterocycles. The molecule has 8 N–H and O–H groups in total. The van der Waals surface area contributed by atoms with E-state index in [0.29, 0.717) is 58.2 Å². The number of likely N-dealkylation sites (tertiary alicyclic amines) is 1. The number of hydrogen-bond donors (Lipinski definition) is 6. The highest BCUT2D eigenvalue weighted by Gasteiger charge is 2.39. The van der Waals surface area contributed by atoms with Crippen LogP contribution in [0.25, 0.3) is 0 Å². The zero-order valence-electron chi connectivity index (χ0n) is 30.5. The lowest BCUT2D eigenvalue weighted by Crippen LogP contribution is -2.60. The molecule has 5 amide bonds. The number of hydrogen-bond acceptors (Lipinski definition) is 7. The van der Waals surface area contributed by atoms with E-state index in [4.69, 9.17) is 11.5 Å². The van der Waals surface area contributed by atoms with Crippen LogP contribution in [0.3, 0.4) is 0 Å². The van der Waals surface area contributed by atoms with Crippen molar-refractivity contribution >= 4 is 29.7 Å². The van der Waals surface area contributed by atoms with Crippen LogP contribution >= 0.6 is 0 Å². The molecule has 0 bridgehead atoms. The molecule has 0 spiro atoms. The SMILES string of the molecule is CC(C)C[C@@H](NC(=O)[C@@H](Cc1ccccc1)NC(=O)[C@H](N)Cc1ccccc1)C(=O)N[C@H](CCCCN)C(=O)N1CCC(C)(N(C)C(=O)O)CC1. The fraction of sp³-hybridized carbons (Fsp3) is 0.553. The zero-order valence-corrected chi connectivity index (χ0v) is 30.5. The maximum absolute atomic E-state index is 13.9. The molecule has 2 aromatic carbocycles. The third-order valence-electron chi connectivity index (χ3n) is 9.70. The van der Waals surface area contributed by atoms with Crippen LogP contribution in [0.5, 0.6) is 0 Å². The summed E-state index contributed by atoms with van der Waals surface area (Å²) in [6.45, 7) is 6.86. The number of unbranched alkanes of at least 4 members (excludes halogenated alkanes) is 1. The van der Waals surface area contributed by atoms with Gasteiger partial charge in [0.15, 0.2) is 0 Å². The lowest BCUT2D eigenvalue weighted by molar-refractivity contribution is -0.139. The molecule has 51 heavy (non-hydrogen) atoms. The Morgan fingerprint density at radius 1 is 0.804 bits per heavy atom. The first kappa shape index (κ1) is 40.9. The van der Waals surface area contributed by atoms with Gasteiger partial charge in [-0.25, -0.2) is 4.79 Å². The van der Waals surface area contributed by atoms with Crippen molar-refractivity contribution in [2.75, 3.05) is 26.7 Å². The molecule has 0 radical (unpaired) electrons. The topological polar surface area (TPSA) is 200 Å². The third kappa shape index (κ3) is 12.7. The first-order valence-corrected chi connectivity index (χ1v) is 17.9. The van der Waals surface area contributed by atoms with E-state index < -0.39 is 53.5 Å². The summed E-state index contributed by atoms with van der Waals surface area (Å²) in [7, 11) is 1.54. The fourth-order valence-electron chi connectivity index (χ4n) is 6.29. The summed E-state index contributed by atoms with van der Waals surface area (Å²) in [6.07, 6.45) is 2.29. The number of nitrogens with zero attached hydrogens (tertiary/aromatic N) is 2. The van der Waals surface area contributed by atoms with Crippen molar-refractivity contribution in [3.05, 3.63) is 71.8 Å². The van der Waals surface area contributed by atoms with Crippen LogP contribution in [0, 0.1) is 5.92 Å². The Morgan fingerprint density at radius 3 is 1.84 bits per heavy atom. The molecule has 1 saturated heterocycles. The van der Waals surface area contributed by atoms with E-state index in [2.05, 4.69) is 16.0 Å². The van der Waals surface area contributed by atoms with Gasteiger partial charge in [-0.05, 0) is 75.5 Å². The van der Waals surface area contributed by atoms with Crippen molar-refractivity contribution in [1.29, 1.82) is 0 Å². The van der Waals surface area contributed by atoms with E-state index in [0.717, 1.165) is 11.1 Å². The normalized spacial score (nSPS) is 16.3. The summed E-state index contributed by atoms with van der Waals surface area (Å²) in [4.78, 5) is 69.6. The predicted molar refractivity (Wildman–Crippen MR) is 196 cm³/mol. The fourth-order valence-corrected chi connectivity index (χ4v) is 6.29. The third-order valence-corrected chi connectivity index (χ3v) is 9.70. The minimum Gasteiger partial charge on any atom is -0.465 e. The minimum atomic E-state index is -1.02. The van der Waals surface area contributed by atoms with Crippen molar-refractivity contribution < 1.29 is 29.1 Å². The zero-order chi connectivity index (χ0) is 37.6. The van der Waals surface area contributed by atoms with Gasteiger partial charge in [-0.15, -0.1) is 0 Å². The van der Waals surface area contributed by atoms with Crippen molar-refractivity contribution in [1.82, 2.24) is 25.8 Å². The van der Waals surface area contributed by atoms with E-state index in [9.17, 15) is 29.1 Å². The standard InChI is InChI=1S/C38H57N7O6/c1-26(2)23-31(34(47)41-30(17-11-12-20-39)36(49)45-21-18-38(3,19-22-45)44(4)37(50)51)43-35(48)32(25-28-15-9-6-10-16-28)42-33(46)29(40)24-27-13-7-5-8-14-27/h5-10,13-16,26,29-32H,11-12,17-25,39-40H2,1-4H3,(H,41,47)(H,42,46)(H,43,48)(H,50,51)/t29-,30-,31-,32-/m1/s1. The van der Waals surface area contributed by atoms with Gasteiger partial charge in [0.05, 0.1) is 6.04 Å². The molecule has 0 unspecified atom stereocenters. The summed E-state index contributed by atoms with van der Waals surface area (Å²) < 4.78 is 0. The van der Waals surface area contributed by atoms with Gasteiger partial charge in [0.25, 0.3) is 0 Å². The second-order valence-electron chi connectivity index (χ2n) is 14.2. The van der Waals surface area contributed by atoms with Crippen molar-refractivity contribution in [3.8, 4) is 0 Å². The number of carbonyl (C=O) groups excluding carboxylic acids is 4. The van der Waals surface area contributed by atoms with Crippen LogP contribution < -0.4 is 27.4 Å². The molecule has 1 aliphatic rings. The molecule has 13 nitrogen and oxygen atoms in total. The Bertz CT molecular complexity index is 1430. The summed E-state index contributed by atoms with van der Waals surface area (Å²) >= 11 is 0. The van der Waals surface area contributed by atoms with Gasteiger partial charge in [0, 0.05) is 32.1 Å². The minimum absolute atomic E-state index is 0.0138. The molecule has 1 heterocycles. The van der Waals surface area contributed by atoms with Crippen LogP contribution in [0.15, 0.2) is 60.7 Å². The highest BCUT2D eigenvalue weighted by atomic mass is 16.4. The number of benzene rings is 2. The Morgan fingerprint density at radius 2 is 1.31 bits per heavy atom. The van der Waals surface area contributed by atoms with Crippen LogP contribution in [0.1, 0.15) is 70.4 Å². The Balaban J connectivity index is 1.77. The highest BCUT2D eigenvalue weighted by Crippen LogP contribution is 2.28. The van der Waals surface area contributed by atoms with Crippen molar-refractivity contribution in [2.45, 2.75) is 102 Å². The second kappa shape index (κ2) is 19.8. The number of piperidine rings is 1. The maximum atomic E-state index is 13.9. The van der Waals surface area contributed by atoms with Gasteiger partial charge < -0.3 is 42.3 Å². The number of rotatable bonds is 18. The quantitative estimate of drug-likeness (QED) is 0.127. The van der Waals surface area contributed by atoms with E-state index in [-0.39, 0.29) is 24.7 Å². The van der Waals surface area contributed by atoms with Gasteiger partial charge in [-0.1, -0.05) is 74.5 Å². The molecule has 13 heteroatoms. The number of carbonyl (C=O) groups is 5. The first-order chi connectivity index (χ1) is 24.2. The van der Waals surface area contributed by atoms with Crippen molar-refractivity contribution in [2.24, 2.45) is 17.4 Å². The van der Waals surface area contributed by atoms with Crippen LogP contribution in [0.4, 0.5) is 4.79 Å². The van der Waals surface area contributed by atoms with Gasteiger partial charge >= 0.3 is 6.09 Å². The van der Waals surface area contributed by atoms with Gasteiger partial charge in [0.2, 0.25) is 23.6 Å². The summed E-state index contributed by atoms with van der Waals surface area (Å²) in [5, 5.41) is 18.1. The van der Waals surface area contributed by atoms with Gasteiger partial charge in [-0.3, -0.25) is 19.2 Å². The Hall–Kier alpha value is -4.49. The molecule has 0 aliphatic carbocycles. The molecule has 2 aromatic rings. The summed E-state index contributed by atoms with van der Waals surface area (Å²) in [6, 6.07) is 14.9. The molecule has 4 atom stereocenters. The number of carboxylic acid groups (broad SMARTS) is 1. The van der Waals surface area contributed by atoms with E-state index in [1.807, 2.05) is 81.4 Å². The molecule has 1 aliphatic heterocycles. The monoisotopic (exact) mass is 707 g/mol. The average Bonchev–Trinajstić information content (AvgIpc) is 3.10. The van der Waals surface area contributed by atoms with Gasteiger partial charge in [-0.2, -0.15) is 0 Å². The van der Waals surface area contributed by atoms with E-state index in [1.165, 1.54) is 11.9 Å². The maximum Gasteiger partial charge on any atom is 0.407 e. The van der Waals surface area contributed by atoms with Crippen molar-refractivity contribution in [3.63, 3.8) is 0 Å². The molecular weight excluding hydrogens is 650 g/mol. The molecule has 280 valence electrons. The van der Waals surface area contributed by atoms with Crippen LogP contribution in [0.2, 0.25) is 0 Å². The Labute approximate surface area is 301 Å². The summed E-state index contributed by atoms with van der Waals surface area (Å²) in [5.41, 5.74) is 13.1. The number of nitrogens with one attached hydrogen (secondary N) is 3. The Kier molecular flexibility index (Phi) is 15.9. The molecule has 0 saturated carbocycles. The lowest BCUT2D eigenvalue weighted by Gasteiger charge is -2.44. The smallest absolute Gasteiger partial charge is 0.407 e. The van der Waals surface area contributed by atoms with Crippen LogP contribution in [-0.4, -0.2) is 101 Å². The summed E-state index contributed by atoms with van der Waals surface area (Å²) in [5.74, 6) is -1.76. The molecule has 1 fully saturated rings. The predicted octanol–water partition coefficient (Wildman–Crippen LogP) is 2.42. The second-order valence-corrected chi connectivity index (χ2v) is 14.2. The molecule has 3 rings (SSSR count). The van der Waals surface area contributed by atoms with Gasteiger partial charge in [0.1, 0.15) is 18.1 Å². The number of nitrogens with two attached hydrogens (primary N) is 2. The average molecular weight is 708 g/mol. The molecular formula is C38H57N7O6. The van der Waals surface area contributed by atoms with E-state index in [1.54, 1.807) is 4.90 Å². The first-order valence-electron chi connectivity index (χ1n) is 17.9. The lowest BCUT2D eigenvalue weighted by atomic mass is 9.88. The van der Waals surface area contributed by atoms with Crippen LogP contribution in [-0.2, 0) is 32.0 Å². The number of amides is 5. The largest absolute Gasteiger partial charge is 0.465 e. The highest BCUT2D eigenvalue weighted by molar-refractivity contribution is 5.95.